The Bertz CT molecular complexity index is 1070. The van der Waals surface area contributed by atoms with E-state index in [0.29, 0.717) is 35.4 Å². The molecule has 2 heterocycles. The van der Waals surface area contributed by atoms with Crippen molar-refractivity contribution in [2.75, 3.05) is 33.2 Å². The van der Waals surface area contributed by atoms with Crippen molar-refractivity contribution in [3.8, 4) is 11.5 Å². The maximum atomic E-state index is 13.2. The van der Waals surface area contributed by atoms with Gasteiger partial charge in [0.15, 0.2) is 11.5 Å². The smallest absolute Gasteiger partial charge is 0.257 e. The Morgan fingerprint density at radius 3 is 2.61 bits per heavy atom. The van der Waals surface area contributed by atoms with Gasteiger partial charge in [-0.25, -0.2) is 0 Å². The lowest BCUT2D eigenvalue weighted by molar-refractivity contribution is -0.124. The van der Waals surface area contributed by atoms with Gasteiger partial charge in [0.1, 0.15) is 11.6 Å². The molecule has 3 rings (SSSR count). The fourth-order valence-corrected chi connectivity index (χ4v) is 3.65. The average Bonchev–Trinajstić information content (AvgIpc) is 3.28. The zero-order valence-electron chi connectivity index (χ0n) is 19.2. The Hall–Kier alpha value is -3.11. The summed E-state index contributed by atoms with van der Waals surface area (Å²) in [6, 6.07) is 2.51. The van der Waals surface area contributed by atoms with Crippen molar-refractivity contribution < 1.29 is 28.9 Å². The van der Waals surface area contributed by atoms with Gasteiger partial charge in [0.05, 0.1) is 30.7 Å². The van der Waals surface area contributed by atoms with E-state index in [9.17, 15) is 14.4 Å². The summed E-state index contributed by atoms with van der Waals surface area (Å²) in [4.78, 5) is 39.1. The number of hydrogen-bond donors (Lipinski definition) is 3. The van der Waals surface area contributed by atoms with Crippen LogP contribution in [-0.2, 0) is 16.1 Å². The Balaban J connectivity index is 1.85. The summed E-state index contributed by atoms with van der Waals surface area (Å²) in [5.41, 5.74) is 0.157. The molecule has 1 aliphatic rings. The summed E-state index contributed by atoms with van der Waals surface area (Å²) in [7, 11) is 0. The molecule has 0 radical (unpaired) electrons. The fourth-order valence-electron chi connectivity index (χ4n) is 3.65. The summed E-state index contributed by atoms with van der Waals surface area (Å²) in [5, 5.41) is 14.6. The Kier molecular flexibility index (Phi) is 8.29. The topological polar surface area (TPSA) is 128 Å². The van der Waals surface area contributed by atoms with Crippen LogP contribution in [0.1, 0.15) is 37.6 Å². The number of aryl methyl sites for hydroxylation is 1. The second-order valence-electron chi connectivity index (χ2n) is 7.84. The van der Waals surface area contributed by atoms with Gasteiger partial charge in [0.2, 0.25) is 18.1 Å². The second-order valence-corrected chi connectivity index (χ2v) is 7.84. The van der Waals surface area contributed by atoms with Crippen LogP contribution in [0, 0.1) is 5.92 Å². The van der Waals surface area contributed by atoms with Gasteiger partial charge in [-0.1, -0.05) is 20.3 Å². The number of nitrogens with zero attached hydrogens (tertiary/aromatic N) is 1. The van der Waals surface area contributed by atoms with Crippen LogP contribution >= 0.6 is 0 Å². The summed E-state index contributed by atoms with van der Waals surface area (Å²) >= 11 is 0. The minimum Gasteiger partial charge on any atom is -0.454 e. The third kappa shape index (κ3) is 5.45. The second kappa shape index (κ2) is 11.2. The van der Waals surface area contributed by atoms with Gasteiger partial charge >= 0.3 is 0 Å². The number of nitrogens with one attached hydrogen (secondary N) is 2. The first-order valence-electron chi connectivity index (χ1n) is 11.1. The largest absolute Gasteiger partial charge is 0.454 e. The van der Waals surface area contributed by atoms with E-state index in [1.807, 2.05) is 20.8 Å². The lowest BCUT2D eigenvalue weighted by Gasteiger charge is -2.24. The van der Waals surface area contributed by atoms with Crippen molar-refractivity contribution >= 4 is 22.7 Å². The predicted octanol–water partition coefficient (Wildman–Crippen LogP) is 1.02. The molecular formula is C23H31N3O7. The van der Waals surface area contributed by atoms with Crippen LogP contribution in [-0.4, -0.2) is 60.7 Å². The monoisotopic (exact) mass is 461 g/mol. The van der Waals surface area contributed by atoms with Crippen LogP contribution in [0.15, 0.2) is 23.1 Å². The van der Waals surface area contributed by atoms with Crippen LogP contribution in [0.2, 0.25) is 0 Å². The van der Waals surface area contributed by atoms with Gasteiger partial charge in [-0.3, -0.25) is 14.4 Å². The zero-order valence-corrected chi connectivity index (χ0v) is 19.2. The highest BCUT2D eigenvalue weighted by Gasteiger charge is 2.28. The van der Waals surface area contributed by atoms with E-state index >= 15 is 0 Å². The Morgan fingerprint density at radius 2 is 1.94 bits per heavy atom. The minimum atomic E-state index is -0.817. The Labute approximate surface area is 191 Å². The molecule has 0 bridgehead atoms. The molecule has 2 amide bonds. The molecule has 0 spiro atoms. The van der Waals surface area contributed by atoms with E-state index in [0.717, 1.165) is 0 Å². The average molecular weight is 462 g/mol. The van der Waals surface area contributed by atoms with Crippen LogP contribution in [0.5, 0.6) is 11.5 Å². The van der Waals surface area contributed by atoms with Gasteiger partial charge in [0, 0.05) is 25.4 Å². The van der Waals surface area contributed by atoms with Crippen molar-refractivity contribution in [2.24, 2.45) is 5.92 Å². The van der Waals surface area contributed by atoms with Gasteiger partial charge < -0.3 is 34.5 Å². The number of fused-ring (bicyclic) bond motifs is 2. The SMILES string of the molecule is CCC(C)C(NC(=O)c1cn(CC)c2cc3c(cc2c1=O)OCO3)C(=O)NCCOCCO. The molecular weight excluding hydrogens is 430 g/mol. The van der Waals surface area contributed by atoms with Crippen molar-refractivity contribution in [2.45, 2.75) is 39.8 Å². The first kappa shape index (κ1) is 24.5. The van der Waals surface area contributed by atoms with Crippen LogP contribution in [0.3, 0.4) is 0 Å². The van der Waals surface area contributed by atoms with E-state index in [1.54, 1.807) is 16.7 Å². The first-order chi connectivity index (χ1) is 15.9. The molecule has 2 aromatic rings. The molecule has 0 saturated heterocycles. The Morgan fingerprint density at radius 1 is 1.21 bits per heavy atom. The number of aliphatic hydroxyl groups excluding tert-OH is 1. The molecule has 3 N–H and O–H groups in total. The highest BCUT2D eigenvalue weighted by atomic mass is 16.7. The molecule has 0 saturated carbocycles. The number of hydrogen-bond acceptors (Lipinski definition) is 7. The summed E-state index contributed by atoms with van der Waals surface area (Å²) in [5.74, 6) is -0.114. The third-order valence-corrected chi connectivity index (χ3v) is 5.72. The maximum Gasteiger partial charge on any atom is 0.257 e. The predicted molar refractivity (Wildman–Crippen MR) is 122 cm³/mol. The molecule has 1 aliphatic heterocycles. The zero-order chi connectivity index (χ0) is 24.0. The number of aromatic nitrogens is 1. The van der Waals surface area contributed by atoms with Gasteiger partial charge in [-0.2, -0.15) is 0 Å². The normalized spacial score (nSPS) is 14.2. The molecule has 2 atom stereocenters. The molecule has 0 fully saturated rings. The molecule has 1 aromatic carbocycles. The fraction of sp³-hybridized carbons (Fsp3) is 0.522. The quantitative estimate of drug-likeness (QED) is 0.426. The van der Waals surface area contributed by atoms with Crippen LogP contribution < -0.4 is 25.5 Å². The number of carbonyl (C=O) groups excluding carboxylic acids is 2. The van der Waals surface area contributed by atoms with Gasteiger partial charge in [-0.05, 0) is 18.9 Å². The van der Waals surface area contributed by atoms with Crippen LogP contribution in [0.4, 0.5) is 0 Å². The van der Waals surface area contributed by atoms with E-state index < -0.39 is 17.4 Å². The standard InChI is InChI=1S/C23H31N3O7/c1-4-14(3)20(23(30)24-6-8-31-9-7-27)25-22(29)16-12-26(5-2)17-11-19-18(32-13-33-19)10-15(17)21(16)28/h10-12,14,20,27H,4-9,13H2,1-3H3,(H,24,30)(H,25,29). The first-order valence-corrected chi connectivity index (χ1v) is 11.1. The van der Waals surface area contributed by atoms with Crippen molar-refractivity contribution in [1.82, 2.24) is 15.2 Å². The number of pyridine rings is 1. The molecule has 10 nitrogen and oxygen atoms in total. The highest BCUT2D eigenvalue weighted by Crippen LogP contribution is 2.35. The van der Waals surface area contributed by atoms with E-state index in [4.69, 9.17) is 19.3 Å². The number of ether oxygens (including phenoxy) is 3. The van der Waals surface area contributed by atoms with Crippen molar-refractivity contribution in [1.29, 1.82) is 0 Å². The number of benzene rings is 1. The van der Waals surface area contributed by atoms with Crippen molar-refractivity contribution in [3.63, 3.8) is 0 Å². The van der Waals surface area contributed by atoms with E-state index in [-0.39, 0.29) is 50.5 Å². The molecule has 0 aliphatic carbocycles. The highest BCUT2D eigenvalue weighted by molar-refractivity contribution is 6.00. The molecule has 10 heteroatoms. The van der Waals surface area contributed by atoms with Gasteiger partial charge in [0.25, 0.3) is 5.91 Å². The van der Waals surface area contributed by atoms with Crippen molar-refractivity contribution in [3.05, 3.63) is 34.1 Å². The number of rotatable bonds is 11. The molecule has 180 valence electrons. The van der Waals surface area contributed by atoms with E-state index in [2.05, 4.69) is 10.6 Å². The van der Waals surface area contributed by atoms with Crippen LogP contribution in [0.25, 0.3) is 10.9 Å². The van der Waals surface area contributed by atoms with Gasteiger partial charge in [-0.15, -0.1) is 0 Å². The lowest BCUT2D eigenvalue weighted by Crippen LogP contribution is -2.51. The number of amides is 2. The lowest BCUT2D eigenvalue weighted by atomic mass is 9.97. The van der Waals surface area contributed by atoms with E-state index in [1.165, 1.54) is 6.20 Å². The molecule has 2 unspecified atom stereocenters. The third-order valence-electron chi connectivity index (χ3n) is 5.72. The number of aliphatic hydroxyl groups is 1. The summed E-state index contributed by atoms with van der Waals surface area (Å²) < 4.78 is 17.7. The summed E-state index contributed by atoms with van der Waals surface area (Å²) in [6.45, 7) is 6.88. The number of carbonyl (C=O) groups is 2. The summed E-state index contributed by atoms with van der Waals surface area (Å²) in [6.07, 6.45) is 2.16. The molecule has 33 heavy (non-hydrogen) atoms. The maximum absolute atomic E-state index is 13.2. The minimum absolute atomic E-state index is 0.0457. The molecule has 1 aromatic heterocycles.